The maximum absolute atomic E-state index is 12.3. The number of rotatable bonds is 2. The van der Waals surface area contributed by atoms with Crippen LogP contribution < -0.4 is 11.5 Å². The third kappa shape index (κ3) is 1.63. The number of nitrogens with two attached hydrogens (primary N) is 2. The van der Waals surface area contributed by atoms with E-state index in [9.17, 15) is 8.78 Å². The van der Waals surface area contributed by atoms with Gasteiger partial charge in [-0.3, -0.25) is 4.98 Å². The Kier molecular flexibility index (Phi) is 2.94. The monoisotopic (exact) mass is 198 g/mol. The normalized spacial score (nSPS) is 10.2. The van der Waals surface area contributed by atoms with Crippen LogP contribution in [0.4, 0.5) is 14.5 Å². The fourth-order valence-electron chi connectivity index (χ4n) is 1.03. The van der Waals surface area contributed by atoms with Gasteiger partial charge in [0.1, 0.15) is 17.3 Å². The molecule has 14 heavy (non-hydrogen) atoms. The van der Waals surface area contributed by atoms with Crippen molar-refractivity contribution in [3.8, 4) is 6.07 Å². The van der Waals surface area contributed by atoms with Gasteiger partial charge in [-0.15, -0.1) is 0 Å². The lowest BCUT2D eigenvalue weighted by atomic mass is 10.1. The minimum Gasteiger partial charge on any atom is -0.397 e. The van der Waals surface area contributed by atoms with E-state index in [1.165, 1.54) is 0 Å². The van der Waals surface area contributed by atoms with E-state index >= 15 is 0 Å². The van der Waals surface area contributed by atoms with Crippen LogP contribution >= 0.6 is 0 Å². The smallest absolute Gasteiger partial charge is 0.281 e. The molecule has 0 unspecified atom stereocenters. The van der Waals surface area contributed by atoms with Gasteiger partial charge in [-0.25, -0.2) is 8.78 Å². The van der Waals surface area contributed by atoms with E-state index in [0.29, 0.717) is 5.56 Å². The number of hydrogen-bond acceptors (Lipinski definition) is 4. The highest BCUT2D eigenvalue weighted by atomic mass is 19.3. The molecule has 74 valence electrons. The van der Waals surface area contributed by atoms with Crippen LogP contribution in [0.5, 0.6) is 0 Å². The molecule has 0 spiro atoms. The van der Waals surface area contributed by atoms with Crippen molar-refractivity contribution in [2.75, 3.05) is 5.73 Å². The Balaban J connectivity index is 3.38. The molecule has 0 bridgehead atoms. The second kappa shape index (κ2) is 3.98. The maximum Gasteiger partial charge on any atom is 0.281 e. The minimum atomic E-state index is -2.81. The summed E-state index contributed by atoms with van der Waals surface area (Å²) in [6.45, 7) is 0.0665. The van der Waals surface area contributed by atoms with E-state index in [1.807, 2.05) is 0 Å². The number of pyridine rings is 1. The van der Waals surface area contributed by atoms with Crippen LogP contribution in [0.25, 0.3) is 0 Å². The summed E-state index contributed by atoms with van der Waals surface area (Å²) in [4.78, 5) is 3.45. The third-order valence-corrected chi connectivity index (χ3v) is 1.77. The Labute approximate surface area is 79.1 Å². The Morgan fingerprint density at radius 1 is 1.57 bits per heavy atom. The van der Waals surface area contributed by atoms with Crippen molar-refractivity contribution < 1.29 is 8.78 Å². The lowest BCUT2D eigenvalue weighted by Gasteiger charge is -2.07. The Morgan fingerprint density at radius 2 is 2.21 bits per heavy atom. The second-order valence-corrected chi connectivity index (χ2v) is 2.57. The molecule has 0 amide bonds. The minimum absolute atomic E-state index is 0.0136. The van der Waals surface area contributed by atoms with E-state index in [-0.39, 0.29) is 17.8 Å². The van der Waals surface area contributed by atoms with Gasteiger partial charge < -0.3 is 11.5 Å². The van der Waals surface area contributed by atoms with E-state index in [0.717, 1.165) is 6.20 Å². The zero-order valence-electron chi connectivity index (χ0n) is 7.17. The summed E-state index contributed by atoms with van der Waals surface area (Å²) in [6.07, 6.45) is -1.64. The van der Waals surface area contributed by atoms with Gasteiger partial charge in [-0.1, -0.05) is 0 Å². The zero-order chi connectivity index (χ0) is 10.7. The van der Waals surface area contributed by atoms with E-state index in [4.69, 9.17) is 16.7 Å². The first kappa shape index (κ1) is 10.3. The highest BCUT2D eigenvalue weighted by molar-refractivity contribution is 5.60. The first-order valence-electron chi connectivity index (χ1n) is 3.77. The standard InChI is InChI=1S/C8H8F2N4/c9-8(10)7-5(2-12)6(13)4(1-11)3-14-7/h3,8H,1,11H2,(H2,13,14). The van der Waals surface area contributed by atoms with Crippen molar-refractivity contribution in [2.24, 2.45) is 5.73 Å². The highest BCUT2D eigenvalue weighted by Gasteiger charge is 2.18. The molecule has 0 saturated carbocycles. The van der Waals surface area contributed by atoms with Gasteiger partial charge in [0, 0.05) is 18.3 Å². The maximum atomic E-state index is 12.3. The average molecular weight is 198 g/mol. The largest absolute Gasteiger partial charge is 0.397 e. The van der Waals surface area contributed by atoms with E-state index in [2.05, 4.69) is 4.98 Å². The van der Waals surface area contributed by atoms with E-state index < -0.39 is 12.1 Å². The van der Waals surface area contributed by atoms with Crippen molar-refractivity contribution in [1.82, 2.24) is 4.98 Å². The molecular formula is C8H8F2N4. The van der Waals surface area contributed by atoms with Crippen molar-refractivity contribution in [3.05, 3.63) is 23.0 Å². The highest BCUT2D eigenvalue weighted by Crippen LogP contribution is 2.26. The van der Waals surface area contributed by atoms with Crippen LogP contribution in [0.3, 0.4) is 0 Å². The lowest BCUT2D eigenvalue weighted by molar-refractivity contribution is 0.146. The van der Waals surface area contributed by atoms with Gasteiger partial charge in [0.15, 0.2) is 0 Å². The molecule has 1 rings (SSSR count). The summed E-state index contributed by atoms with van der Waals surface area (Å²) in [5.41, 5.74) is 10.2. The van der Waals surface area contributed by atoms with Crippen LogP contribution in [0, 0.1) is 11.3 Å². The summed E-state index contributed by atoms with van der Waals surface area (Å²) < 4.78 is 24.7. The number of nitrogen functional groups attached to an aromatic ring is 1. The summed E-state index contributed by atoms with van der Waals surface area (Å²) in [7, 11) is 0. The van der Waals surface area contributed by atoms with E-state index in [1.54, 1.807) is 6.07 Å². The molecular weight excluding hydrogens is 190 g/mol. The molecule has 0 atom stereocenters. The molecule has 0 aliphatic carbocycles. The number of anilines is 1. The predicted octanol–water partition coefficient (Wildman–Crippen LogP) is 0.932. The third-order valence-electron chi connectivity index (χ3n) is 1.77. The first-order chi connectivity index (χ1) is 6.61. The molecule has 0 fully saturated rings. The molecule has 0 radical (unpaired) electrons. The fourth-order valence-corrected chi connectivity index (χ4v) is 1.03. The summed E-state index contributed by atoms with van der Waals surface area (Å²) in [5.74, 6) is 0. The molecule has 0 saturated heterocycles. The van der Waals surface area contributed by atoms with Crippen LogP contribution in [0.15, 0.2) is 6.20 Å². The number of alkyl halides is 2. The molecule has 1 aromatic heterocycles. The number of nitriles is 1. The average Bonchev–Trinajstić information content (AvgIpc) is 2.17. The molecule has 0 aliphatic rings. The Bertz CT molecular complexity index is 384. The molecule has 4 nitrogen and oxygen atoms in total. The molecule has 1 heterocycles. The molecule has 4 N–H and O–H groups in total. The van der Waals surface area contributed by atoms with Crippen LogP contribution in [0.1, 0.15) is 23.2 Å². The number of nitrogens with zero attached hydrogens (tertiary/aromatic N) is 2. The Morgan fingerprint density at radius 3 is 2.64 bits per heavy atom. The number of halogens is 2. The molecule has 6 heteroatoms. The van der Waals surface area contributed by atoms with Gasteiger partial charge in [0.2, 0.25) is 0 Å². The van der Waals surface area contributed by atoms with Gasteiger partial charge in [0.25, 0.3) is 6.43 Å². The van der Waals surface area contributed by atoms with Crippen LogP contribution in [0.2, 0.25) is 0 Å². The van der Waals surface area contributed by atoms with Crippen molar-refractivity contribution >= 4 is 5.69 Å². The molecule has 1 aromatic rings. The topological polar surface area (TPSA) is 88.7 Å². The molecule has 0 aliphatic heterocycles. The van der Waals surface area contributed by atoms with Crippen molar-refractivity contribution in [1.29, 1.82) is 5.26 Å². The van der Waals surface area contributed by atoms with Crippen LogP contribution in [-0.2, 0) is 6.54 Å². The van der Waals surface area contributed by atoms with Crippen molar-refractivity contribution in [3.63, 3.8) is 0 Å². The van der Waals surface area contributed by atoms with Crippen molar-refractivity contribution in [2.45, 2.75) is 13.0 Å². The zero-order valence-corrected chi connectivity index (χ0v) is 7.17. The lowest BCUT2D eigenvalue weighted by Crippen LogP contribution is -2.08. The summed E-state index contributed by atoms with van der Waals surface area (Å²) >= 11 is 0. The number of hydrogen-bond donors (Lipinski definition) is 2. The summed E-state index contributed by atoms with van der Waals surface area (Å²) in [5, 5.41) is 8.62. The SMILES string of the molecule is N#Cc1c(C(F)F)ncc(CN)c1N. The van der Waals surface area contributed by atoms with Gasteiger partial charge in [-0.2, -0.15) is 5.26 Å². The van der Waals surface area contributed by atoms with Gasteiger partial charge in [0.05, 0.1) is 5.69 Å². The Hall–Kier alpha value is -1.74. The quantitative estimate of drug-likeness (QED) is 0.739. The second-order valence-electron chi connectivity index (χ2n) is 2.57. The van der Waals surface area contributed by atoms with Gasteiger partial charge >= 0.3 is 0 Å². The number of aromatic nitrogens is 1. The van der Waals surface area contributed by atoms with Crippen LogP contribution in [-0.4, -0.2) is 4.98 Å². The summed E-state index contributed by atoms with van der Waals surface area (Å²) in [6, 6.07) is 1.60. The predicted molar refractivity (Wildman–Crippen MR) is 46.2 cm³/mol. The first-order valence-corrected chi connectivity index (χ1v) is 3.77. The molecule has 0 aromatic carbocycles. The fraction of sp³-hybridized carbons (Fsp3) is 0.250. The van der Waals surface area contributed by atoms with Gasteiger partial charge in [-0.05, 0) is 0 Å².